The minimum atomic E-state index is -0.928. The van der Waals surface area contributed by atoms with Gasteiger partial charge in [-0.1, -0.05) is 30.3 Å². The van der Waals surface area contributed by atoms with E-state index in [2.05, 4.69) is 12.6 Å². The third kappa shape index (κ3) is 3.73. The Labute approximate surface area is 117 Å². The summed E-state index contributed by atoms with van der Waals surface area (Å²) in [5, 5.41) is 19.4. The van der Waals surface area contributed by atoms with Crippen molar-refractivity contribution >= 4 is 12.6 Å². The zero-order valence-corrected chi connectivity index (χ0v) is 11.2. The Kier molecular flexibility index (Phi) is 4.85. The molecule has 0 bridgehead atoms. The summed E-state index contributed by atoms with van der Waals surface area (Å²) >= 11 is 3.96. The number of aliphatic hydroxyl groups is 2. The first-order valence-corrected chi connectivity index (χ1v) is 6.64. The molecule has 0 amide bonds. The van der Waals surface area contributed by atoms with E-state index in [4.69, 9.17) is 4.74 Å². The van der Waals surface area contributed by atoms with Gasteiger partial charge in [0.25, 0.3) is 0 Å². The van der Waals surface area contributed by atoms with E-state index in [0.717, 1.165) is 5.75 Å². The third-order valence-electron chi connectivity index (χ3n) is 2.75. The van der Waals surface area contributed by atoms with Crippen molar-refractivity contribution in [2.24, 2.45) is 0 Å². The zero-order chi connectivity index (χ0) is 13.7. The molecule has 2 atom stereocenters. The molecule has 3 nitrogen and oxygen atoms in total. The van der Waals surface area contributed by atoms with E-state index in [1.54, 1.807) is 24.3 Å². The van der Waals surface area contributed by atoms with E-state index in [1.807, 2.05) is 30.3 Å². The lowest BCUT2D eigenvalue weighted by atomic mass is 10.1. The van der Waals surface area contributed by atoms with E-state index in [9.17, 15) is 10.2 Å². The van der Waals surface area contributed by atoms with Crippen LogP contribution in [0.2, 0.25) is 0 Å². The molecule has 100 valence electrons. The van der Waals surface area contributed by atoms with Gasteiger partial charge < -0.3 is 14.9 Å². The lowest BCUT2D eigenvalue weighted by Crippen LogP contribution is -2.19. The molecule has 0 aliphatic rings. The maximum absolute atomic E-state index is 9.83. The lowest BCUT2D eigenvalue weighted by molar-refractivity contribution is 0.0337. The minimum Gasteiger partial charge on any atom is -0.457 e. The van der Waals surface area contributed by atoms with Gasteiger partial charge in [0, 0.05) is 5.75 Å². The number of benzene rings is 2. The summed E-state index contributed by atoms with van der Waals surface area (Å²) in [4.78, 5) is 0. The lowest BCUT2D eigenvalue weighted by Gasteiger charge is -2.16. The van der Waals surface area contributed by atoms with Gasteiger partial charge in [-0.3, -0.25) is 0 Å². The van der Waals surface area contributed by atoms with E-state index >= 15 is 0 Å². The van der Waals surface area contributed by atoms with Crippen LogP contribution in [0, 0.1) is 0 Å². The van der Waals surface area contributed by atoms with Crippen LogP contribution in [0.4, 0.5) is 0 Å². The first kappa shape index (κ1) is 13.9. The van der Waals surface area contributed by atoms with Gasteiger partial charge in [-0.15, -0.1) is 0 Å². The van der Waals surface area contributed by atoms with E-state index < -0.39 is 12.2 Å². The molecule has 2 aromatic carbocycles. The van der Waals surface area contributed by atoms with E-state index in [1.165, 1.54) is 0 Å². The second kappa shape index (κ2) is 6.61. The SMILES string of the molecule is OC(CS)C(O)c1ccc(Oc2ccccc2)cc1. The van der Waals surface area contributed by atoms with Gasteiger partial charge >= 0.3 is 0 Å². The Morgan fingerprint density at radius 2 is 1.47 bits per heavy atom. The van der Waals surface area contributed by atoms with Crippen LogP contribution >= 0.6 is 12.6 Å². The van der Waals surface area contributed by atoms with Crippen molar-refractivity contribution in [2.75, 3.05) is 5.75 Å². The highest BCUT2D eigenvalue weighted by atomic mass is 32.1. The fourth-order valence-electron chi connectivity index (χ4n) is 1.68. The van der Waals surface area contributed by atoms with Crippen molar-refractivity contribution in [1.29, 1.82) is 0 Å². The smallest absolute Gasteiger partial charge is 0.127 e. The first-order valence-electron chi connectivity index (χ1n) is 6.00. The van der Waals surface area contributed by atoms with Gasteiger partial charge in [-0.2, -0.15) is 12.6 Å². The van der Waals surface area contributed by atoms with Crippen molar-refractivity contribution in [1.82, 2.24) is 0 Å². The van der Waals surface area contributed by atoms with Crippen LogP contribution in [0.25, 0.3) is 0 Å². The van der Waals surface area contributed by atoms with Crippen molar-refractivity contribution < 1.29 is 14.9 Å². The number of thiol groups is 1. The molecule has 4 heteroatoms. The summed E-state index contributed by atoms with van der Waals surface area (Å²) in [5.74, 6) is 1.65. The van der Waals surface area contributed by atoms with Crippen molar-refractivity contribution in [3.63, 3.8) is 0 Å². The van der Waals surface area contributed by atoms with Crippen molar-refractivity contribution in [3.8, 4) is 11.5 Å². The molecule has 0 aromatic heterocycles. The highest BCUT2D eigenvalue weighted by molar-refractivity contribution is 7.80. The molecule has 0 spiro atoms. The maximum atomic E-state index is 9.83. The summed E-state index contributed by atoms with van der Waals surface area (Å²) in [6.07, 6.45) is -1.80. The van der Waals surface area contributed by atoms with E-state index in [0.29, 0.717) is 11.3 Å². The quantitative estimate of drug-likeness (QED) is 0.736. The van der Waals surface area contributed by atoms with Crippen molar-refractivity contribution in [3.05, 3.63) is 60.2 Å². The summed E-state index contributed by atoms with van der Waals surface area (Å²) in [7, 11) is 0. The van der Waals surface area contributed by atoms with Crippen LogP contribution < -0.4 is 4.74 Å². The van der Waals surface area contributed by atoms with E-state index in [-0.39, 0.29) is 5.75 Å². The Balaban J connectivity index is 2.06. The van der Waals surface area contributed by atoms with Gasteiger partial charge in [0.15, 0.2) is 0 Å². The topological polar surface area (TPSA) is 49.7 Å². The molecule has 19 heavy (non-hydrogen) atoms. The van der Waals surface area contributed by atoms with Gasteiger partial charge in [-0.25, -0.2) is 0 Å². The molecule has 0 aliphatic carbocycles. The molecular formula is C15H16O3S. The van der Waals surface area contributed by atoms with Gasteiger partial charge in [0.05, 0.1) is 6.10 Å². The molecule has 2 rings (SSSR count). The summed E-state index contributed by atoms with van der Waals surface area (Å²) in [6, 6.07) is 16.4. The van der Waals surface area contributed by atoms with Crippen LogP contribution in [-0.2, 0) is 0 Å². The van der Waals surface area contributed by atoms with Gasteiger partial charge in [0.2, 0.25) is 0 Å². The Hall–Kier alpha value is -1.49. The number of rotatable bonds is 5. The van der Waals surface area contributed by atoms with Crippen LogP contribution in [0.3, 0.4) is 0 Å². The van der Waals surface area contributed by atoms with Crippen LogP contribution in [0.1, 0.15) is 11.7 Å². The third-order valence-corrected chi connectivity index (χ3v) is 3.13. The number of hydrogen-bond acceptors (Lipinski definition) is 4. The molecule has 0 fully saturated rings. The summed E-state index contributed by atoms with van der Waals surface area (Å²) in [6.45, 7) is 0. The molecule has 0 radical (unpaired) electrons. The van der Waals surface area contributed by atoms with Gasteiger partial charge in [0.1, 0.15) is 17.6 Å². The monoisotopic (exact) mass is 276 g/mol. The van der Waals surface area contributed by atoms with Gasteiger partial charge in [-0.05, 0) is 29.8 Å². The first-order chi connectivity index (χ1) is 9.20. The Morgan fingerprint density at radius 1 is 0.895 bits per heavy atom. The molecule has 2 unspecified atom stereocenters. The normalized spacial score (nSPS) is 13.8. The minimum absolute atomic E-state index is 0.212. The molecule has 0 saturated carbocycles. The molecule has 0 saturated heterocycles. The Bertz CT molecular complexity index is 499. The van der Waals surface area contributed by atoms with Crippen LogP contribution in [0.5, 0.6) is 11.5 Å². The molecular weight excluding hydrogens is 260 g/mol. The standard InChI is InChI=1S/C15H16O3S/c16-14(10-19)15(17)11-6-8-13(9-7-11)18-12-4-2-1-3-5-12/h1-9,14-17,19H,10H2. The zero-order valence-electron chi connectivity index (χ0n) is 10.3. The number of hydrogen-bond donors (Lipinski definition) is 3. The fourth-order valence-corrected chi connectivity index (χ4v) is 1.88. The molecule has 2 N–H and O–H groups in total. The predicted octanol–water partition coefficient (Wildman–Crippen LogP) is 2.80. The largest absolute Gasteiger partial charge is 0.457 e. The predicted molar refractivity (Wildman–Crippen MR) is 77.8 cm³/mol. The average molecular weight is 276 g/mol. The molecule has 0 aliphatic heterocycles. The summed E-state index contributed by atoms with van der Waals surface area (Å²) < 4.78 is 5.64. The second-order valence-electron chi connectivity index (χ2n) is 4.18. The second-order valence-corrected chi connectivity index (χ2v) is 4.54. The summed E-state index contributed by atoms with van der Waals surface area (Å²) in [5.41, 5.74) is 0.641. The number of ether oxygens (including phenoxy) is 1. The number of aliphatic hydroxyl groups excluding tert-OH is 2. The van der Waals surface area contributed by atoms with Crippen molar-refractivity contribution in [2.45, 2.75) is 12.2 Å². The Morgan fingerprint density at radius 3 is 2.05 bits per heavy atom. The highest BCUT2D eigenvalue weighted by Crippen LogP contribution is 2.24. The fraction of sp³-hybridized carbons (Fsp3) is 0.200. The van der Waals surface area contributed by atoms with Crippen LogP contribution in [0.15, 0.2) is 54.6 Å². The maximum Gasteiger partial charge on any atom is 0.127 e. The number of para-hydroxylation sites is 1. The average Bonchev–Trinajstić information content (AvgIpc) is 2.47. The highest BCUT2D eigenvalue weighted by Gasteiger charge is 2.16. The van der Waals surface area contributed by atoms with Crippen LogP contribution in [-0.4, -0.2) is 22.1 Å². The molecule has 0 heterocycles. The molecule has 2 aromatic rings.